The normalized spacial score (nSPS) is 17.3. The van der Waals surface area contributed by atoms with Gasteiger partial charge in [-0.15, -0.1) is 0 Å². The highest BCUT2D eigenvalue weighted by Gasteiger charge is 2.30. The lowest BCUT2D eigenvalue weighted by Gasteiger charge is -2.30. The Morgan fingerprint density at radius 3 is 2.59 bits per heavy atom. The second kappa shape index (κ2) is 7.03. The van der Waals surface area contributed by atoms with E-state index in [1.54, 1.807) is 0 Å². The Kier molecular flexibility index (Phi) is 5.33. The molecule has 122 valence electrons. The monoisotopic (exact) mass is 330 g/mol. The van der Waals surface area contributed by atoms with Crippen LogP contribution >= 0.6 is 0 Å². The molecule has 0 amide bonds. The molecule has 0 atom stereocenters. The molecule has 8 nitrogen and oxygen atoms in total. The van der Waals surface area contributed by atoms with E-state index in [4.69, 9.17) is 14.6 Å². The number of nitrogens with zero attached hydrogens (tertiary/aromatic N) is 2. The Hall–Kier alpha value is -1.71. The quantitative estimate of drug-likeness (QED) is 0.802. The average Bonchev–Trinajstić information content (AvgIpc) is 2.53. The van der Waals surface area contributed by atoms with Gasteiger partial charge in [0.2, 0.25) is 15.9 Å². The highest BCUT2D eigenvalue weighted by atomic mass is 32.2. The maximum Gasteiger partial charge on any atom is 0.329 e. The third-order valence-corrected chi connectivity index (χ3v) is 5.28. The van der Waals surface area contributed by atoms with Gasteiger partial charge in [0.25, 0.3) is 0 Å². The van der Waals surface area contributed by atoms with E-state index in [2.05, 4.69) is 4.98 Å². The topological polar surface area (TPSA) is 106 Å². The molecule has 1 aliphatic heterocycles. The molecule has 0 radical (unpaired) electrons. The molecule has 1 N–H and O–H groups in total. The van der Waals surface area contributed by atoms with Crippen molar-refractivity contribution in [3.63, 3.8) is 0 Å². The fourth-order valence-electron chi connectivity index (χ4n) is 2.22. The van der Waals surface area contributed by atoms with Crippen LogP contribution in [0.3, 0.4) is 0 Å². The Morgan fingerprint density at radius 1 is 1.41 bits per heavy atom. The first-order chi connectivity index (χ1) is 10.4. The first-order valence-electron chi connectivity index (χ1n) is 6.77. The first-order valence-corrected chi connectivity index (χ1v) is 8.21. The SMILES string of the molecule is COc1ccc(S(=O)(=O)N2CCC(OCC(=O)O)CC2)cn1. The highest BCUT2D eigenvalue weighted by molar-refractivity contribution is 7.89. The molecule has 0 spiro atoms. The lowest BCUT2D eigenvalue weighted by Crippen LogP contribution is -2.41. The molecule has 2 rings (SSSR count). The predicted octanol–water partition coefficient (Wildman–Crippen LogP) is 0.344. The van der Waals surface area contributed by atoms with Crippen LogP contribution in [0.4, 0.5) is 0 Å². The number of rotatable bonds is 6. The summed E-state index contributed by atoms with van der Waals surface area (Å²) in [5.74, 6) is -0.681. The summed E-state index contributed by atoms with van der Waals surface area (Å²) >= 11 is 0. The molecule has 0 saturated carbocycles. The molecule has 1 aliphatic rings. The van der Waals surface area contributed by atoms with E-state index in [1.165, 1.54) is 29.7 Å². The van der Waals surface area contributed by atoms with Gasteiger partial charge in [0, 0.05) is 19.2 Å². The summed E-state index contributed by atoms with van der Waals surface area (Å²) in [6.45, 7) is 0.219. The van der Waals surface area contributed by atoms with Crippen LogP contribution in [0.1, 0.15) is 12.8 Å². The van der Waals surface area contributed by atoms with Gasteiger partial charge in [0.05, 0.1) is 19.4 Å². The number of hydrogen-bond donors (Lipinski definition) is 1. The molecule has 9 heteroatoms. The summed E-state index contributed by atoms with van der Waals surface area (Å²) in [5.41, 5.74) is 0. The van der Waals surface area contributed by atoms with Gasteiger partial charge in [-0.2, -0.15) is 4.31 Å². The van der Waals surface area contributed by atoms with Crippen molar-refractivity contribution in [1.29, 1.82) is 0 Å². The maximum atomic E-state index is 12.5. The second-order valence-electron chi connectivity index (χ2n) is 4.84. The number of hydrogen-bond acceptors (Lipinski definition) is 6. The largest absolute Gasteiger partial charge is 0.481 e. The molecule has 1 aromatic rings. The van der Waals surface area contributed by atoms with Crippen LogP contribution in [0.2, 0.25) is 0 Å². The van der Waals surface area contributed by atoms with E-state index in [9.17, 15) is 13.2 Å². The third-order valence-electron chi connectivity index (χ3n) is 3.40. The Labute approximate surface area is 128 Å². The van der Waals surface area contributed by atoms with Crippen molar-refractivity contribution in [2.45, 2.75) is 23.8 Å². The van der Waals surface area contributed by atoms with Crippen LogP contribution in [0, 0.1) is 0 Å². The number of aliphatic carboxylic acids is 1. The van der Waals surface area contributed by atoms with E-state index >= 15 is 0 Å². The van der Waals surface area contributed by atoms with Crippen molar-refractivity contribution >= 4 is 16.0 Å². The number of ether oxygens (including phenoxy) is 2. The zero-order valence-corrected chi connectivity index (χ0v) is 13.0. The summed E-state index contributed by atoms with van der Waals surface area (Å²) in [4.78, 5) is 14.5. The number of aromatic nitrogens is 1. The number of methoxy groups -OCH3 is 1. The molecule has 0 bridgehead atoms. The average molecular weight is 330 g/mol. The van der Waals surface area contributed by atoms with Crippen LogP contribution in [0.25, 0.3) is 0 Å². The van der Waals surface area contributed by atoms with Crippen LogP contribution < -0.4 is 4.74 Å². The Bertz CT molecular complexity index is 608. The smallest absolute Gasteiger partial charge is 0.329 e. The minimum atomic E-state index is -3.60. The summed E-state index contributed by atoms with van der Waals surface area (Å²) in [5, 5.41) is 8.57. The summed E-state index contributed by atoms with van der Waals surface area (Å²) < 4.78 is 36.4. The van der Waals surface area contributed by atoms with Gasteiger partial charge in [-0.1, -0.05) is 0 Å². The maximum absolute atomic E-state index is 12.5. The zero-order valence-electron chi connectivity index (χ0n) is 12.1. The Morgan fingerprint density at radius 2 is 2.09 bits per heavy atom. The number of sulfonamides is 1. The fourth-order valence-corrected chi connectivity index (χ4v) is 3.63. The van der Waals surface area contributed by atoms with Gasteiger partial charge in [-0.3, -0.25) is 0 Å². The molecule has 1 saturated heterocycles. The van der Waals surface area contributed by atoms with Gasteiger partial charge >= 0.3 is 5.97 Å². The van der Waals surface area contributed by atoms with Gasteiger partial charge in [0.1, 0.15) is 11.5 Å². The molecule has 0 aliphatic carbocycles. The minimum absolute atomic E-state index is 0.109. The van der Waals surface area contributed by atoms with Gasteiger partial charge in [0.15, 0.2) is 0 Å². The minimum Gasteiger partial charge on any atom is -0.481 e. The molecule has 0 unspecified atom stereocenters. The van der Waals surface area contributed by atoms with Crippen molar-refractivity contribution in [2.24, 2.45) is 0 Å². The van der Waals surface area contributed by atoms with Crippen LogP contribution in [-0.4, -0.2) is 61.7 Å². The van der Waals surface area contributed by atoms with E-state index in [0.29, 0.717) is 31.8 Å². The van der Waals surface area contributed by atoms with Crippen molar-refractivity contribution in [2.75, 3.05) is 26.8 Å². The van der Waals surface area contributed by atoms with Crippen molar-refractivity contribution < 1.29 is 27.8 Å². The van der Waals surface area contributed by atoms with Crippen molar-refractivity contribution in [1.82, 2.24) is 9.29 Å². The van der Waals surface area contributed by atoms with E-state index < -0.39 is 16.0 Å². The third kappa shape index (κ3) is 3.93. The predicted molar refractivity (Wildman–Crippen MR) is 76.2 cm³/mol. The number of piperidine rings is 1. The van der Waals surface area contributed by atoms with Crippen LogP contribution in [0.5, 0.6) is 5.88 Å². The number of pyridine rings is 1. The van der Waals surface area contributed by atoms with E-state index in [-0.39, 0.29) is 17.6 Å². The summed E-state index contributed by atoms with van der Waals surface area (Å²) in [6.07, 6.45) is 1.98. The number of carboxylic acid groups (broad SMARTS) is 1. The number of carboxylic acids is 1. The van der Waals surface area contributed by atoms with Crippen molar-refractivity contribution in [3.05, 3.63) is 18.3 Å². The molecule has 0 aromatic carbocycles. The Balaban J connectivity index is 1.98. The summed E-state index contributed by atoms with van der Waals surface area (Å²) in [7, 11) is -2.14. The van der Waals surface area contributed by atoms with E-state index in [0.717, 1.165) is 0 Å². The second-order valence-corrected chi connectivity index (χ2v) is 6.78. The molecule has 1 fully saturated rings. The molecular formula is C13H18N2O6S. The fraction of sp³-hybridized carbons (Fsp3) is 0.538. The molecule has 22 heavy (non-hydrogen) atoms. The standard InChI is InChI=1S/C13H18N2O6S/c1-20-12-3-2-11(8-14-12)22(18,19)15-6-4-10(5-7-15)21-9-13(16)17/h2-3,8,10H,4-7,9H2,1H3,(H,16,17). The lowest BCUT2D eigenvalue weighted by molar-refractivity contribution is -0.145. The van der Waals surface area contributed by atoms with Crippen LogP contribution in [-0.2, 0) is 19.6 Å². The number of carbonyl (C=O) groups is 1. The zero-order chi connectivity index (χ0) is 16.2. The lowest BCUT2D eigenvalue weighted by atomic mass is 10.1. The molecular weight excluding hydrogens is 312 g/mol. The highest BCUT2D eigenvalue weighted by Crippen LogP contribution is 2.22. The van der Waals surface area contributed by atoms with Gasteiger partial charge in [-0.25, -0.2) is 18.2 Å². The molecule has 2 heterocycles. The van der Waals surface area contributed by atoms with Crippen LogP contribution in [0.15, 0.2) is 23.2 Å². The van der Waals surface area contributed by atoms with Crippen molar-refractivity contribution in [3.8, 4) is 5.88 Å². The van der Waals surface area contributed by atoms with Gasteiger partial charge in [-0.05, 0) is 18.9 Å². The van der Waals surface area contributed by atoms with Gasteiger partial charge < -0.3 is 14.6 Å². The first kappa shape index (κ1) is 16.7. The van der Waals surface area contributed by atoms with E-state index in [1.807, 2.05) is 0 Å². The molecule has 1 aromatic heterocycles. The summed E-state index contributed by atoms with van der Waals surface area (Å²) in [6, 6.07) is 2.95.